The molecular weight excluding hydrogens is 512 g/mol. The van der Waals surface area contributed by atoms with E-state index in [2.05, 4.69) is 21.9 Å². The number of hydrogen-bond acceptors (Lipinski definition) is 7. The maximum absolute atomic E-state index is 13.4. The van der Waals surface area contributed by atoms with Crippen molar-refractivity contribution < 1.29 is 33.0 Å². The second-order valence-corrected chi connectivity index (χ2v) is 11.6. The largest absolute Gasteiger partial charge is 0.390 e. The third-order valence-corrected chi connectivity index (χ3v) is 7.85. The summed E-state index contributed by atoms with van der Waals surface area (Å²) in [6.07, 6.45) is -0.268. The summed E-state index contributed by atoms with van der Waals surface area (Å²) in [5.74, 6) is -1.12. The van der Waals surface area contributed by atoms with Gasteiger partial charge in [0.1, 0.15) is 12.1 Å². The maximum atomic E-state index is 13.4. The Morgan fingerprint density at radius 1 is 1.05 bits per heavy atom. The lowest BCUT2D eigenvalue weighted by molar-refractivity contribution is -0.131. The quantitative estimate of drug-likeness (QED) is 0.192. The molecule has 1 aliphatic rings. The molecule has 0 saturated carbocycles. The number of carbonyl (C=O) groups is 2. The van der Waals surface area contributed by atoms with Gasteiger partial charge in [0.25, 0.3) is 10.2 Å². The Morgan fingerprint density at radius 3 is 2.24 bits per heavy atom. The monoisotopic (exact) mass is 554 g/mol. The number of morpholine rings is 1. The van der Waals surface area contributed by atoms with Gasteiger partial charge < -0.3 is 25.6 Å². The van der Waals surface area contributed by atoms with E-state index < -0.39 is 52.4 Å². The van der Waals surface area contributed by atoms with Gasteiger partial charge in [-0.3, -0.25) is 9.59 Å². The number of aliphatic hydroxyl groups excluding tert-OH is 2. The minimum atomic E-state index is -4.00. The maximum Gasteiger partial charge on any atom is 0.280 e. The molecule has 2 amide bonds. The van der Waals surface area contributed by atoms with Gasteiger partial charge >= 0.3 is 0 Å². The van der Waals surface area contributed by atoms with Crippen LogP contribution in [0.5, 0.6) is 0 Å². The van der Waals surface area contributed by atoms with E-state index in [1.807, 2.05) is 19.9 Å². The van der Waals surface area contributed by atoms with Gasteiger partial charge in [-0.25, -0.2) is 0 Å². The predicted molar refractivity (Wildman–Crippen MR) is 144 cm³/mol. The average Bonchev–Trinajstić information content (AvgIpc) is 2.88. The molecule has 1 saturated heterocycles. The smallest absolute Gasteiger partial charge is 0.280 e. The molecule has 0 aliphatic carbocycles. The SMILES string of the molecule is C=CC[C@H](NC(=O)[C@H](Cc1ccccc1)NS(=O)(=O)N1CCOCC1)C(=O)N[C@@H](C)[C@@H](O)[C@@H](O)CC(C)C. The summed E-state index contributed by atoms with van der Waals surface area (Å²) in [5.41, 5.74) is 0.734. The zero-order valence-corrected chi connectivity index (χ0v) is 23.2. The Labute approximate surface area is 225 Å². The molecular formula is C26H42N4O7S. The molecule has 214 valence electrons. The summed E-state index contributed by atoms with van der Waals surface area (Å²) in [4.78, 5) is 26.4. The van der Waals surface area contributed by atoms with Gasteiger partial charge in [0.2, 0.25) is 11.8 Å². The van der Waals surface area contributed by atoms with Crippen LogP contribution in [0.4, 0.5) is 0 Å². The third kappa shape index (κ3) is 10.1. The van der Waals surface area contributed by atoms with Gasteiger partial charge in [0.15, 0.2) is 0 Å². The predicted octanol–water partition coefficient (Wildman–Crippen LogP) is 0.0978. The fourth-order valence-corrected chi connectivity index (χ4v) is 5.44. The molecule has 12 heteroatoms. The van der Waals surface area contributed by atoms with Gasteiger partial charge in [0.05, 0.1) is 31.5 Å². The lowest BCUT2D eigenvalue weighted by Gasteiger charge is -2.30. The number of nitrogens with one attached hydrogen (secondary N) is 3. The lowest BCUT2D eigenvalue weighted by Crippen LogP contribution is -2.58. The highest BCUT2D eigenvalue weighted by Crippen LogP contribution is 2.12. The molecule has 0 radical (unpaired) electrons. The van der Waals surface area contributed by atoms with Gasteiger partial charge in [-0.05, 0) is 37.7 Å². The zero-order valence-electron chi connectivity index (χ0n) is 22.4. The molecule has 0 aromatic heterocycles. The zero-order chi connectivity index (χ0) is 28.3. The summed E-state index contributed by atoms with van der Waals surface area (Å²) in [7, 11) is -4.00. The molecule has 11 nitrogen and oxygen atoms in total. The molecule has 1 aromatic rings. The van der Waals surface area contributed by atoms with Crippen LogP contribution in [0.2, 0.25) is 0 Å². The summed E-state index contributed by atoms with van der Waals surface area (Å²) >= 11 is 0. The Bertz CT molecular complexity index is 1000. The third-order valence-electron chi connectivity index (χ3n) is 6.22. The first-order chi connectivity index (χ1) is 17.9. The van der Waals surface area contributed by atoms with Crippen molar-refractivity contribution in [1.82, 2.24) is 19.7 Å². The highest BCUT2D eigenvalue weighted by Gasteiger charge is 2.33. The van der Waals surface area contributed by atoms with E-state index in [4.69, 9.17) is 4.74 Å². The minimum Gasteiger partial charge on any atom is -0.390 e. The van der Waals surface area contributed by atoms with Crippen molar-refractivity contribution in [3.8, 4) is 0 Å². The first-order valence-electron chi connectivity index (χ1n) is 12.9. The normalized spacial score (nSPS) is 18.7. The number of hydrogen-bond donors (Lipinski definition) is 5. The van der Waals surface area contributed by atoms with Crippen LogP contribution in [0.25, 0.3) is 0 Å². The fourth-order valence-electron chi connectivity index (χ4n) is 4.12. The molecule has 1 fully saturated rings. The van der Waals surface area contributed by atoms with E-state index in [9.17, 15) is 28.2 Å². The van der Waals surface area contributed by atoms with Gasteiger partial charge in [-0.15, -0.1) is 6.58 Å². The van der Waals surface area contributed by atoms with Crippen molar-refractivity contribution in [3.63, 3.8) is 0 Å². The number of aliphatic hydroxyl groups is 2. The lowest BCUT2D eigenvalue weighted by atomic mass is 9.97. The molecule has 38 heavy (non-hydrogen) atoms. The van der Waals surface area contributed by atoms with E-state index in [1.165, 1.54) is 10.4 Å². The van der Waals surface area contributed by atoms with Crippen molar-refractivity contribution in [2.24, 2.45) is 5.92 Å². The number of nitrogens with zero attached hydrogens (tertiary/aromatic N) is 1. The second kappa shape index (κ2) is 15.3. The Hall–Kier alpha value is -2.35. The van der Waals surface area contributed by atoms with Crippen LogP contribution >= 0.6 is 0 Å². The summed E-state index contributed by atoms with van der Waals surface area (Å²) in [6, 6.07) is 5.90. The molecule has 2 rings (SSSR count). The van der Waals surface area contributed by atoms with Crippen molar-refractivity contribution >= 4 is 22.0 Å². The van der Waals surface area contributed by atoms with Crippen molar-refractivity contribution in [2.45, 2.75) is 70.4 Å². The number of ether oxygens (including phenoxy) is 1. The highest BCUT2D eigenvalue weighted by molar-refractivity contribution is 7.87. The van der Waals surface area contributed by atoms with Crippen molar-refractivity contribution in [3.05, 3.63) is 48.6 Å². The van der Waals surface area contributed by atoms with E-state index in [1.54, 1.807) is 31.2 Å². The number of amides is 2. The summed E-state index contributed by atoms with van der Waals surface area (Å²) < 4.78 is 35.0. The molecule has 0 spiro atoms. The molecule has 0 unspecified atom stereocenters. The Balaban J connectivity index is 2.16. The molecule has 0 bridgehead atoms. The second-order valence-electron chi connectivity index (χ2n) is 9.95. The van der Waals surface area contributed by atoms with Crippen LogP contribution in [-0.4, -0.2) is 91.4 Å². The van der Waals surface area contributed by atoms with E-state index in [0.717, 1.165) is 5.56 Å². The Kier molecular flexibility index (Phi) is 12.8. The molecule has 5 N–H and O–H groups in total. The van der Waals surface area contributed by atoms with Gasteiger partial charge in [0, 0.05) is 13.1 Å². The van der Waals surface area contributed by atoms with Crippen LogP contribution < -0.4 is 15.4 Å². The molecule has 1 heterocycles. The molecule has 5 atom stereocenters. The Morgan fingerprint density at radius 2 is 1.66 bits per heavy atom. The van der Waals surface area contributed by atoms with Crippen LogP contribution in [0.15, 0.2) is 43.0 Å². The number of carbonyl (C=O) groups excluding carboxylic acids is 2. The van der Waals surface area contributed by atoms with Crippen LogP contribution in [-0.2, 0) is 31.0 Å². The first-order valence-corrected chi connectivity index (χ1v) is 14.4. The van der Waals surface area contributed by atoms with Crippen molar-refractivity contribution in [2.75, 3.05) is 26.3 Å². The summed E-state index contributed by atoms with van der Waals surface area (Å²) in [5, 5.41) is 25.9. The number of rotatable bonds is 15. The summed E-state index contributed by atoms with van der Waals surface area (Å²) in [6.45, 7) is 9.88. The topological polar surface area (TPSA) is 157 Å². The molecule has 1 aromatic carbocycles. The van der Waals surface area contributed by atoms with Crippen LogP contribution in [0.1, 0.15) is 39.2 Å². The van der Waals surface area contributed by atoms with E-state index >= 15 is 0 Å². The fraction of sp³-hybridized carbons (Fsp3) is 0.615. The average molecular weight is 555 g/mol. The minimum absolute atomic E-state index is 0.0647. The van der Waals surface area contributed by atoms with Gasteiger partial charge in [-0.1, -0.05) is 50.3 Å². The standard InChI is InChI=1S/C26H42N4O7S/c1-5-9-21(25(33)27-19(4)24(32)23(31)16-18(2)3)28-26(34)22(17-20-10-7-6-8-11-20)29-38(35,36)30-12-14-37-15-13-30/h5-8,10-11,18-19,21-24,29,31-32H,1,9,12-17H2,2-4H3,(H,27,33)(H,28,34)/t19-,21-,22-,23-,24+/m0/s1. The van der Waals surface area contributed by atoms with Crippen LogP contribution in [0, 0.1) is 5.92 Å². The van der Waals surface area contributed by atoms with Crippen molar-refractivity contribution in [1.29, 1.82) is 0 Å². The van der Waals surface area contributed by atoms with Crippen LogP contribution in [0.3, 0.4) is 0 Å². The first kappa shape index (κ1) is 31.9. The van der Waals surface area contributed by atoms with E-state index in [0.29, 0.717) is 6.42 Å². The number of benzene rings is 1. The highest BCUT2D eigenvalue weighted by atomic mass is 32.2. The van der Waals surface area contributed by atoms with E-state index in [-0.39, 0.29) is 45.1 Å². The molecule has 1 aliphatic heterocycles. The van der Waals surface area contributed by atoms with Gasteiger partial charge in [-0.2, -0.15) is 17.4 Å².